The molecule has 4 aromatic carbocycles. The van der Waals surface area contributed by atoms with Gasteiger partial charge in [0, 0.05) is 18.4 Å². The topological polar surface area (TPSA) is 93.7 Å². The molecule has 0 bridgehead atoms. The summed E-state index contributed by atoms with van der Waals surface area (Å²) in [5.74, 6) is -1.24. The molecule has 4 rings (SSSR count). The van der Waals surface area contributed by atoms with Crippen LogP contribution in [0.3, 0.4) is 0 Å². The lowest BCUT2D eigenvalue weighted by Gasteiger charge is -2.20. The fourth-order valence-corrected chi connectivity index (χ4v) is 5.98. The van der Waals surface area contributed by atoms with Crippen LogP contribution in [0.2, 0.25) is 10.0 Å². The van der Waals surface area contributed by atoms with Gasteiger partial charge in [0.1, 0.15) is 17.1 Å². The second kappa shape index (κ2) is 18.3. The van der Waals surface area contributed by atoms with Crippen molar-refractivity contribution in [3.63, 3.8) is 0 Å². The van der Waals surface area contributed by atoms with Crippen LogP contribution in [-0.4, -0.2) is 49.1 Å². The van der Waals surface area contributed by atoms with E-state index in [1.54, 1.807) is 31.2 Å². The highest BCUT2D eigenvalue weighted by Gasteiger charge is 2.25. The third-order valence-corrected chi connectivity index (χ3v) is 8.55. The molecule has 0 aliphatic rings. The fraction of sp³-hybridized carbons (Fsp3) is 0.263. The minimum atomic E-state index is -0.777. The molecule has 0 fully saturated rings. The summed E-state index contributed by atoms with van der Waals surface area (Å²) in [5.41, 5.74) is 7.09. The average Bonchev–Trinajstić information content (AvgIpc) is 3.05. The number of carbonyl (C=O) groups excluding carboxylic acids is 3. The molecule has 0 saturated heterocycles. The number of rotatable bonds is 10. The molecule has 0 heterocycles. The van der Waals surface area contributed by atoms with Gasteiger partial charge in [-0.25, -0.2) is 9.59 Å². The predicted molar refractivity (Wildman–Crippen MR) is 196 cm³/mol. The SMILES string of the molecule is COC(=O)C(Cc1ccc(C)cc1)NC(=O)c1c(C)cccc1Cl.COC(=O)C(Cc1ccc(C)cc1)NC(=S)c1c(C)cccc1Cl. The van der Waals surface area contributed by atoms with E-state index in [0.717, 1.165) is 33.4 Å². The zero-order valence-electron chi connectivity index (χ0n) is 27.9. The van der Waals surface area contributed by atoms with E-state index < -0.39 is 18.1 Å². The first-order chi connectivity index (χ1) is 22.8. The Balaban J connectivity index is 0.000000260. The fourth-order valence-electron chi connectivity index (χ4n) is 4.89. The van der Waals surface area contributed by atoms with Gasteiger partial charge in [-0.2, -0.15) is 0 Å². The average molecular weight is 708 g/mol. The largest absolute Gasteiger partial charge is 0.467 e. The number of ether oxygens (including phenoxy) is 2. The number of aryl methyl sites for hydroxylation is 4. The van der Waals surface area contributed by atoms with E-state index in [4.69, 9.17) is 44.9 Å². The molecule has 1 amide bonds. The molecule has 0 radical (unpaired) electrons. The maximum atomic E-state index is 12.6. The Morgan fingerprint density at radius 2 is 1.02 bits per heavy atom. The summed E-state index contributed by atoms with van der Waals surface area (Å²) in [5, 5.41) is 6.75. The number of hydrogen-bond donors (Lipinski definition) is 2. The molecule has 7 nitrogen and oxygen atoms in total. The summed E-state index contributed by atoms with van der Waals surface area (Å²) in [4.78, 5) is 37.2. The van der Waals surface area contributed by atoms with Crippen molar-refractivity contribution in [1.29, 1.82) is 0 Å². The number of amides is 1. The van der Waals surface area contributed by atoms with Gasteiger partial charge in [0.15, 0.2) is 0 Å². The lowest BCUT2D eigenvalue weighted by Crippen LogP contribution is -2.43. The number of thiocarbonyl (C=S) groups is 1. The van der Waals surface area contributed by atoms with Gasteiger partial charge in [-0.05, 0) is 62.1 Å². The zero-order valence-corrected chi connectivity index (χ0v) is 30.2. The number of hydrogen-bond acceptors (Lipinski definition) is 6. The van der Waals surface area contributed by atoms with Crippen LogP contribution in [0, 0.1) is 27.7 Å². The van der Waals surface area contributed by atoms with Gasteiger partial charge in [-0.15, -0.1) is 0 Å². The molecule has 0 spiro atoms. The van der Waals surface area contributed by atoms with Crippen LogP contribution in [0.15, 0.2) is 84.9 Å². The maximum absolute atomic E-state index is 12.6. The first-order valence-corrected chi connectivity index (χ1v) is 16.4. The van der Waals surface area contributed by atoms with Crippen molar-refractivity contribution in [2.45, 2.75) is 52.6 Å². The molecular weight excluding hydrogens is 667 g/mol. The minimum absolute atomic E-state index is 0.349. The smallest absolute Gasteiger partial charge is 0.328 e. The van der Waals surface area contributed by atoms with Crippen molar-refractivity contribution in [1.82, 2.24) is 10.6 Å². The van der Waals surface area contributed by atoms with Crippen LogP contribution in [0.4, 0.5) is 0 Å². The van der Waals surface area contributed by atoms with Gasteiger partial charge < -0.3 is 20.1 Å². The highest BCUT2D eigenvalue weighted by Crippen LogP contribution is 2.21. The van der Waals surface area contributed by atoms with Crippen molar-refractivity contribution in [3.05, 3.63) is 139 Å². The molecule has 10 heteroatoms. The summed E-state index contributed by atoms with van der Waals surface area (Å²) in [6.07, 6.45) is 0.832. The van der Waals surface area contributed by atoms with Crippen LogP contribution in [-0.2, 0) is 31.9 Å². The molecule has 0 saturated carbocycles. The molecule has 2 atom stereocenters. The second-order valence-electron chi connectivity index (χ2n) is 11.3. The van der Waals surface area contributed by atoms with Crippen LogP contribution in [0.25, 0.3) is 0 Å². The van der Waals surface area contributed by atoms with Crippen molar-refractivity contribution >= 4 is 58.3 Å². The van der Waals surface area contributed by atoms with E-state index in [-0.39, 0.29) is 11.9 Å². The van der Waals surface area contributed by atoms with Gasteiger partial charge in [0.25, 0.3) is 5.91 Å². The Morgan fingerprint density at radius 3 is 1.42 bits per heavy atom. The van der Waals surface area contributed by atoms with Gasteiger partial charge in [0.05, 0.1) is 29.8 Å². The normalized spacial score (nSPS) is 11.7. The Hall–Kier alpha value is -4.24. The summed E-state index contributed by atoms with van der Waals surface area (Å²) in [6, 6.07) is 25.3. The monoisotopic (exact) mass is 706 g/mol. The van der Waals surface area contributed by atoms with Gasteiger partial charge in [0.2, 0.25) is 0 Å². The van der Waals surface area contributed by atoms with Crippen molar-refractivity contribution < 1.29 is 23.9 Å². The molecule has 4 aromatic rings. The summed E-state index contributed by atoms with van der Waals surface area (Å²) >= 11 is 17.8. The third-order valence-electron chi connectivity index (χ3n) is 7.60. The first-order valence-electron chi connectivity index (χ1n) is 15.2. The van der Waals surface area contributed by atoms with E-state index >= 15 is 0 Å². The molecule has 0 aromatic heterocycles. The highest BCUT2D eigenvalue weighted by atomic mass is 35.5. The van der Waals surface area contributed by atoms with E-state index in [1.807, 2.05) is 81.4 Å². The van der Waals surface area contributed by atoms with Crippen molar-refractivity contribution in [3.8, 4) is 0 Å². The minimum Gasteiger partial charge on any atom is -0.467 e. The molecule has 0 aliphatic carbocycles. The van der Waals surface area contributed by atoms with Crippen LogP contribution in [0.5, 0.6) is 0 Å². The number of nitrogens with one attached hydrogen (secondary N) is 2. The first kappa shape index (κ1) is 38.2. The lowest BCUT2D eigenvalue weighted by atomic mass is 10.0. The molecular formula is C38H40Cl2N2O5S. The van der Waals surface area contributed by atoms with E-state index in [9.17, 15) is 14.4 Å². The van der Waals surface area contributed by atoms with E-state index in [1.165, 1.54) is 19.8 Å². The Kier molecular flexibility index (Phi) is 14.6. The van der Waals surface area contributed by atoms with Crippen molar-refractivity contribution in [2.75, 3.05) is 14.2 Å². The highest BCUT2D eigenvalue weighted by molar-refractivity contribution is 7.80. The lowest BCUT2D eigenvalue weighted by molar-refractivity contribution is -0.143. The number of esters is 2. The maximum Gasteiger partial charge on any atom is 0.328 e. The third kappa shape index (κ3) is 10.9. The standard InChI is InChI=1S/C19H20ClNO3.C19H20ClNO2S/c1-12-7-9-14(10-8-12)11-16(19(23)24-3)21-18(22)17-13(2)5-4-6-15(17)20;1-12-7-9-14(10-8-12)11-16(19(22)23-3)21-18(24)17-13(2)5-4-6-15(17)20/h4-10,16H,11H2,1-3H3,(H,21,22);4-10,16H,11H2,1-3H3,(H,21,24). The molecule has 252 valence electrons. The number of carbonyl (C=O) groups is 3. The number of halogens is 2. The van der Waals surface area contributed by atoms with Gasteiger partial charge >= 0.3 is 11.9 Å². The summed E-state index contributed by atoms with van der Waals surface area (Å²) in [6.45, 7) is 7.74. The van der Waals surface area contributed by atoms with Crippen molar-refractivity contribution in [2.24, 2.45) is 0 Å². The van der Waals surface area contributed by atoms with E-state index in [2.05, 4.69) is 10.6 Å². The quantitative estimate of drug-likeness (QED) is 0.131. The Labute approximate surface area is 297 Å². The van der Waals surface area contributed by atoms with Gasteiger partial charge in [-0.3, -0.25) is 4.79 Å². The van der Waals surface area contributed by atoms with Crippen LogP contribution < -0.4 is 10.6 Å². The van der Waals surface area contributed by atoms with Crippen LogP contribution in [0.1, 0.15) is 49.3 Å². The number of benzene rings is 4. The Morgan fingerprint density at radius 1 is 0.625 bits per heavy atom. The summed E-state index contributed by atoms with van der Waals surface area (Å²) in [7, 11) is 2.67. The predicted octanol–water partition coefficient (Wildman–Crippen LogP) is 7.48. The molecule has 2 N–H and O–H groups in total. The summed E-state index contributed by atoms with van der Waals surface area (Å²) < 4.78 is 9.73. The van der Waals surface area contributed by atoms with E-state index in [0.29, 0.717) is 33.4 Å². The molecule has 0 aliphatic heterocycles. The van der Waals surface area contributed by atoms with Gasteiger partial charge in [-0.1, -0.05) is 119 Å². The van der Waals surface area contributed by atoms with Crippen LogP contribution >= 0.6 is 35.4 Å². The number of methoxy groups -OCH3 is 2. The zero-order chi connectivity index (χ0) is 35.4. The second-order valence-corrected chi connectivity index (χ2v) is 12.6. The molecule has 2 unspecified atom stereocenters. The molecule has 48 heavy (non-hydrogen) atoms. The Bertz CT molecular complexity index is 1570.